The molecule has 3 heterocycles. The molecule has 0 radical (unpaired) electrons. The third kappa shape index (κ3) is 4.25. The summed E-state index contributed by atoms with van der Waals surface area (Å²) in [6, 6.07) is 3.58. The molecule has 0 bridgehead atoms. The van der Waals surface area contributed by atoms with Gasteiger partial charge in [0.1, 0.15) is 18.2 Å². The largest absolute Gasteiger partial charge is 0.488 e. The van der Waals surface area contributed by atoms with Crippen LogP contribution in [0.4, 0.5) is 10.2 Å². The monoisotopic (exact) mass is 359 g/mol. The third-order valence-corrected chi connectivity index (χ3v) is 4.23. The van der Waals surface area contributed by atoms with Crippen LogP contribution in [0.2, 0.25) is 0 Å². The summed E-state index contributed by atoms with van der Waals surface area (Å²) in [5.74, 6) is 0.564. The van der Waals surface area contributed by atoms with Crippen LogP contribution in [0.1, 0.15) is 31.7 Å². The Morgan fingerprint density at radius 1 is 1.42 bits per heavy atom. The number of nitrogens with zero attached hydrogens (tertiary/aromatic N) is 4. The topological polar surface area (TPSA) is 80.2 Å². The van der Waals surface area contributed by atoms with Crippen LogP contribution in [0, 0.1) is 5.82 Å². The SMILES string of the molecule is CCc1ncnc(N2CCC(Oc3ccnc(CNC(C)=O)c3)C2)c1F. The zero-order chi connectivity index (χ0) is 18.5. The lowest BCUT2D eigenvalue weighted by Gasteiger charge is -2.19. The summed E-state index contributed by atoms with van der Waals surface area (Å²) in [5, 5.41) is 2.71. The highest BCUT2D eigenvalue weighted by Gasteiger charge is 2.28. The Morgan fingerprint density at radius 3 is 3.04 bits per heavy atom. The fourth-order valence-corrected chi connectivity index (χ4v) is 2.91. The van der Waals surface area contributed by atoms with E-state index in [0.29, 0.717) is 43.3 Å². The van der Waals surface area contributed by atoms with E-state index < -0.39 is 0 Å². The Balaban J connectivity index is 1.63. The van der Waals surface area contributed by atoms with Crippen LogP contribution in [0.3, 0.4) is 0 Å². The van der Waals surface area contributed by atoms with Crippen LogP contribution in [0.5, 0.6) is 5.75 Å². The fraction of sp³-hybridized carbons (Fsp3) is 0.444. The molecule has 1 unspecified atom stereocenters. The molecule has 1 aliphatic rings. The number of amides is 1. The van der Waals surface area contributed by atoms with Crippen molar-refractivity contribution in [1.29, 1.82) is 0 Å². The second-order valence-corrected chi connectivity index (χ2v) is 6.18. The first-order chi connectivity index (χ1) is 12.6. The van der Waals surface area contributed by atoms with Gasteiger partial charge in [0.15, 0.2) is 11.6 Å². The van der Waals surface area contributed by atoms with Gasteiger partial charge < -0.3 is 15.0 Å². The average Bonchev–Trinajstić information content (AvgIpc) is 3.08. The first kappa shape index (κ1) is 18.0. The van der Waals surface area contributed by atoms with Crippen molar-refractivity contribution in [2.75, 3.05) is 18.0 Å². The summed E-state index contributed by atoms with van der Waals surface area (Å²) in [6.45, 7) is 4.91. The van der Waals surface area contributed by atoms with E-state index in [0.717, 1.165) is 12.1 Å². The van der Waals surface area contributed by atoms with Gasteiger partial charge >= 0.3 is 0 Å². The quantitative estimate of drug-likeness (QED) is 0.848. The van der Waals surface area contributed by atoms with E-state index in [1.165, 1.54) is 13.3 Å². The van der Waals surface area contributed by atoms with Gasteiger partial charge in [0, 0.05) is 32.2 Å². The first-order valence-electron chi connectivity index (χ1n) is 8.67. The van der Waals surface area contributed by atoms with Gasteiger partial charge in [-0.25, -0.2) is 14.4 Å². The zero-order valence-electron chi connectivity index (χ0n) is 14.9. The molecule has 7 nitrogen and oxygen atoms in total. The van der Waals surface area contributed by atoms with E-state index in [1.54, 1.807) is 18.3 Å². The molecule has 0 saturated carbocycles. The van der Waals surface area contributed by atoms with Gasteiger partial charge in [0.05, 0.1) is 24.5 Å². The standard InChI is InChI=1S/C18H22FN5O2/c1-3-16-17(19)18(23-11-22-16)24-7-5-15(10-24)26-14-4-6-20-13(8-14)9-21-12(2)25/h4,6,8,11,15H,3,5,7,9-10H2,1-2H3,(H,21,25). The predicted molar refractivity (Wildman–Crippen MR) is 94.4 cm³/mol. The van der Waals surface area contributed by atoms with Gasteiger partial charge in [-0.05, 0) is 12.5 Å². The Hall–Kier alpha value is -2.77. The maximum absolute atomic E-state index is 14.4. The number of aryl methyl sites for hydroxylation is 1. The lowest BCUT2D eigenvalue weighted by Crippen LogP contribution is -2.26. The summed E-state index contributed by atoms with van der Waals surface area (Å²) in [6.07, 6.45) is 4.29. The third-order valence-electron chi connectivity index (χ3n) is 4.23. The van der Waals surface area contributed by atoms with E-state index in [-0.39, 0.29) is 17.8 Å². The molecule has 1 saturated heterocycles. The van der Waals surface area contributed by atoms with Crippen LogP contribution in [-0.4, -0.2) is 40.1 Å². The number of carbonyl (C=O) groups excluding carboxylic acids is 1. The minimum atomic E-state index is -0.350. The van der Waals surface area contributed by atoms with Crippen molar-refractivity contribution < 1.29 is 13.9 Å². The van der Waals surface area contributed by atoms with E-state index in [9.17, 15) is 9.18 Å². The number of ether oxygens (including phenoxy) is 1. The number of nitrogens with one attached hydrogen (secondary N) is 1. The Labute approximate surface area is 151 Å². The van der Waals surface area contributed by atoms with Crippen LogP contribution in [0.15, 0.2) is 24.7 Å². The van der Waals surface area contributed by atoms with Crippen LogP contribution >= 0.6 is 0 Å². The highest BCUT2D eigenvalue weighted by molar-refractivity contribution is 5.72. The summed E-state index contributed by atoms with van der Waals surface area (Å²) in [4.78, 5) is 25.2. The second kappa shape index (κ2) is 8.07. The number of hydrogen-bond acceptors (Lipinski definition) is 6. The van der Waals surface area contributed by atoms with Gasteiger partial charge in [-0.1, -0.05) is 6.92 Å². The normalized spacial score (nSPS) is 16.6. The minimum absolute atomic E-state index is 0.0644. The van der Waals surface area contributed by atoms with E-state index in [2.05, 4.69) is 20.3 Å². The molecule has 1 amide bonds. The van der Waals surface area contributed by atoms with Gasteiger partial charge in [-0.15, -0.1) is 0 Å². The molecule has 2 aromatic rings. The summed E-state index contributed by atoms with van der Waals surface area (Å²) >= 11 is 0. The molecule has 1 aliphatic heterocycles. The van der Waals surface area contributed by atoms with Crippen molar-refractivity contribution in [2.24, 2.45) is 0 Å². The Kier molecular flexibility index (Phi) is 5.60. The minimum Gasteiger partial charge on any atom is -0.488 e. The molecule has 0 aromatic carbocycles. The molecular formula is C18H22FN5O2. The van der Waals surface area contributed by atoms with Crippen LogP contribution in [-0.2, 0) is 17.8 Å². The fourth-order valence-electron chi connectivity index (χ4n) is 2.91. The van der Waals surface area contributed by atoms with Gasteiger partial charge in [-0.2, -0.15) is 0 Å². The molecule has 138 valence electrons. The number of pyridine rings is 1. The summed E-state index contributed by atoms with van der Waals surface area (Å²) < 4.78 is 20.4. The molecule has 3 rings (SSSR count). The zero-order valence-corrected chi connectivity index (χ0v) is 14.9. The lowest BCUT2D eigenvalue weighted by atomic mass is 10.3. The molecule has 8 heteroatoms. The van der Waals surface area contributed by atoms with Crippen molar-refractivity contribution in [3.63, 3.8) is 0 Å². The van der Waals surface area contributed by atoms with Crippen molar-refractivity contribution in [2.45, 2.75) is 39.3 Å². The number of halogens is 1. The van der Waals surface area contributed by atoms with E-state index >= 15 is 0 Å². The average molecular weight is 359 g/mol. The van der Waals surface area contributed by atoms with Gasteiger partial charge in [0.2, 0.25) is 5.91 Å². The molecule has 1 fully saturated rings. The summed E-state index contributed by atoms with van der Waals surface area (Å²) in [7, 11) is 0. The Morgan fingerprint density at radius 2 is 2.27 bits per heavy atom. The van der Waals surface area contributed by atoms with Crippen molar-refractivity contribution in [3.05, 3.63) is 41.9 Å². The molecule has 2 aromatic heterocycles. The molecule has 1 N–H and O–H groups in total. The highest BCUT2D eigenvalue weighted by Crippen LogP contribution is 2.25. The maximum atomic E-state index is 14.4. The van der Waals surface area contributed by atoms with Crippen molar-refractivity contribution in [1.82, 2.24) is 20.3 Å². The highest BCUT2D eigenvalue weighted by atomic mass is 19.1. The second-order valence-electron chi connectivity index (χ2n) is 6.18. The van der Waals surface area contributed by atoms with E-state index in [4.69, 9.17) is 4.74 Å². The van der Waals surface area contributed by atoms with Gasteiger partial charge in [0.25, 0.3) is 0 Å². The molecule has 0 spiro atoms. The number of carbonyl (C=O) groups is 1. The Bertz CT molecular complexity index is 786. The van der Waals surface area contributed by atoms with E-state index in [1.807, 2.05) is 11.8 Å². The van der Waals surface area contributed by atoms with Crippen LogP contribution < -0.4 is 15.0 Å². The summed E-state index contributed by atoms with van der Waals surface area (Å²) in [5.41, 5.74) is 1.15. The van der Waals surface area contributed by atoms with Crippen LogP contribution in [0.25, 0.3) is 0 Å². The molecular weight excluding hydrogens is 337 g/mol. The van der Waals surface area contributed by atoms with Crippen molar-refractivity contribution >= 4 is 11.7 Å². The molecule has 26 heavy (non-hydrogen) atoms. The molecule has 0 aliphatic carbocycles. The number of aromatic nitrogens is 3. The first-order valence-corrected chi connectivity index (χ1v) is 8.67. The van der Waals surface area contributed by atoms with Gasteiger partial charge in [-0.3, -0.25) is 9.78 Å². The number of anilines is 1. The number of rotatable bonds is 6. The predicted octanol–water partition coefficient (Wildman–Crippen LogP) is 1.87. The number of hydrogen-bond donors (Lipinski definition) is 1. The smallest absolute Gasteiger partial charge is 0.217 e. The maximum Gasteiger partial charge on any atom is 0.217 e. The lowest BCUT2D eigenvalue weighted by molar-refractivity contribution is -0.119. The molecule has 1 atom stereocenters. The van der Waals surface area contributed by atoms with Crippen molar-refractivity contribution in [3.8, 4) is 5.75 Å².